The molecule has 0 radical (unpaired) electrons. The number of anilines is 1. The van der Waals surface area contributed by atoms with Gasteiger partial charge in [0.15, 0.2) is 5.82 Å². The van der Waals surface area contributed by atoms with Gasteiger partial charge in [-0.25, -0.2) is 9.67 Å². The second-order valence-corrected chi connectivity index (χ2v) is 7.24. The third-order valence-electron chi connectivity index (χ3n) is 4.37. The minimum absolute atomic E-state index is 0.110. The Labute approximate surface area is 166 Å². The first-order valence-electron chi connectivity index (χ1n) is 9.07. The quantitative estimate of drug-likeness (QED) is 0.646. The molecule has 0 fully saturated rings. The van der Waals surface area contributed by atoms with Gasteiger partial charge < -0.3 is 5.32 Å². The third kappa shape index (κ3) is 4.47. The zero-order chi connectivity index (χ0) is 21.3. The van der Waals surface area contributed by atoms with Crippen molar-refractivity contribution in [2.24, 2.45) is 0 Å². The summed E-state index contributed by atoms with van der Waals surface area (Å²) in [4.78, 5) is 16.7. The molecule has 0 atom stereocenters. The second-order valence-electron chi connectivity index (χ2n) is 7.24. The molecule has 3 aromatic rings. The Morgan fingerprint density at radius 2 is 1.72 bits per heavy atom. The molecule has 0 aliphatic heterocycles. The summed E-state index contributed by atoms with van der Waals surface area (Å²) in [6.07, 6.45) is -2.30. The van der Waals surface area contributed by atoms with Crippen molar-refractivity contribution in [3.05, 3.63) is 70.7 Å². The van der Waals surface area contributed by atoms with Gasteiger partial charge in [0, 0.05) is 11.9 Å². The van der Waals surface area contributed by atoms with Crippen LogP contribution in [0, 0.1) is 13.8 Å². The standard InChI is InChI=1S/C21H21F3N4O/c1-12(2)19-17(20(29)27-16-8-13(3)7-14(4)9-16)11-26-28(19)18-6-5-15(10-25-18)21(22,23)24/h5-12H,1-4H3,(H,27,29). The summed E-state index contributed by atoms with van der Waals surface area (Å²) in [5.41, 5.74) is 2.79. The maximum atomic E-state index is 12.9. The van der Waals surface area contributed by atoms with Crippen LogP contribution in [0.2, 0.25) is 0 Å². The van der Waals surface area contributed by atoms with Gasteiger partial charge in [0.2, 0.25) is 0 Å². The average molecular weight is 402 g/mol. The molecule has 0 saturated heterocycles. The molecule has 1 N–H and O–H groups in total. The zero-order valence-corrected chi connectivity index (χ0v) is 16.5. The highest BCUT2D eigenvalue weighted by Gasteiger charge is 2.31. The molecular weight excluding hydrogens is 381 g/mol. The minimum Gasteiger partial charge on any atom is -0.322 e. The van der Waals surface area contributed by atoms with Gasteiger partial charge in [-0.15, -0.1) is 0 Å². The summed E-state index contributed by atoms with van der Waals surface area (Å²) < 4.78 is 39.8. The molecule has 0 aliphatic rings. The minimum atomic E-state index is -4.46. The van der Waals surface area contributed by atoms with Crippen molar-refractivity contribution in [2.75, 3.05) is 5.32 Å². The van der Waals surface area contributed by atoms with E-state index in [-0.39, 0.29) is 17.6 Å². The Balaban J connectivity index is 1.95. The molecule has 5 nitrogen and oxygen atoms in total. The predicted molar refractivity (Wildman–Crippen MR) is 104 cm³/mol. The van der Waals surface area contributed by atoms with Crippen molar-refractivity contribution in [3.63, 3.8) is 0 Å². The Kier molecular flexibility index (Phi) is 5.46. The number of benzene rings is 1. The molecule has 3 rings (SSSR count). The Morgan fingerprint density at radius 1 is 1.07 bits per heavy atom. The number of pyridine rings is 1. The molecule has 0 spiro atoms. The van der Waals surface area contributed by atoms with Crippen LogP contribution in [0.25, 0.3) is 5.82 Å². The summed E-state index contributed by atoms with van der Waals surface area (Å²) in [5, 5.41) is 7.08. The number of aromatic nitrogens is 3. The summed E-state index contributed by atoms with van der Waals surface area (Å²) >= 11 is 0. The van der Waals surface area contributed by atoms with Crippen molar-refractivity contribution >= 4 is 11.6 Å². The Bertz CT molecular complexity index is 1020. The summed E-state index contributed by atoms with van der Waals surface area (Å²) in [7, 11) is 0. The first-order chi connectivity index (χ1) is 13.6. The molecule has 1 aromatic carbocycles. The molecule has 2 aromatic heterocycles. The van der Waals surface area contributed by atoms with E-state index >= 15 is 0 Å². The highest BCUT2D eigenvalue weighted by molar-refractivity contribution is 6.05. The van der Waals surface area contributed by atoms with Crippen LogP contribution in [0.15, 0.2) is 42.7 Å². The highest BCUT2D eigenvalue weighted by Crippen LogP contribution is 2.29. The highest BCUT2D eigenvalue weighted by atomic mass is 19.4. The van der Waals surface area contributed by atoms with E-state index in [0.29, 0.717) is 16.9 Å². The summed E-state index contributed by atoms with van der Waals surface area (Å²) in [6.45, 7) is 7.64. The fourth-order valence-electron chi connectivity index (χ4n) is 3.20. The van der Waals surface area contributed by atoms with Crippen molar-refractivity contribution < 1.29 is 18.0 Å². The van der Waals surface area contributed by atoms with Crippen LogP contribution in [0.3, 0.4) is 0 Å². The van der Waals surface area contributed by atoms with Crippen LogP contribution in [0.4, 0.5) is 18.9 Å². The molecule has 0 unspecified atom stereocenters. The van der Waals surface area contributed by atoms with Crippen LogP contribution in [-0.4, -0.2) is 20.7 Å². The number of alkyl halides is 3. The molecule has 0 saturated carbocycles. The Morgan fingerprint density at radius 3 is 2.24 bits per heavy atom. The number of nitrogens with zero attached hydrogens (tertiary/aromatic N) is 3. The molecule has 1 amide bonds. The van der Waals surface area contributed by atoms with Gasteiger partial charge in [-0.1, -0.05) is 19.9 Å². The predicted octanol–water partition coefficient (Wildman–Crippen LogP) is 5.28. The van der Waals surface area contributed by atoms with E-state index in [9.17, 15) is 18.0 Å². The normalized spacial score (nSPS) is 11.7. The number of hydrogen-bond donors (Lipinski definition) is 1. The monoisotopic (exact) mass is 402 g/mol. The van der Waals surface area contributed by atoms with Gasteiger partial charge in [-0.2, -0.15) is 18.3 Å². The van der Waals surface area contributed by atoms with Crippen LogP contribution >= 0.6 is 0 Å². The van der Waals surface area contributed by atoms with E-state index in [2.05, 4.69) is 15.4 Å². The smallest absolute Gasteiger partial charge is 0.322 e. The fourth-order valence-corrected chi connectivity index (χ4v) is 3.20. The van der Waals surface area contributed by atoms with E-state index in [1.165, 1.54) is 16.9 Å². The number of carbonyl (C=O) groups excluding carboxylic acids is 1. The van der Waals surface area contributed by atoms with Gasteiger partial charge in [0.05, 0.1) is 23.0 Å². The lowest BCUT2D eigenvalue weighted by Gasteiger charge is -2.13. The number of rotatable bonds is 4. The number of nitrogens with one attached hydrogen (secondary N) is 1. The molecule has 0 aliphatic carbocycles. The lowest BCUT2D eigenvalue weighted by molar-refractivity contribution is -0.137. The number of halogens is 3. The van der Waals surface area contributed by atoms with E-state index in [0.717, 1.165) is 23.4 Å². The summed E-state index contributed by atoms with van der Waals surface area (Å²) in [6, 6.07) is 7.92. The van der Waals surface area contributed by atoms with Gasteiger partial charge >= 0.3 is 6.18 Å². The fraction of sp³-hybridized carbons (Fsp3) is 0.286. The molecule has 2 heterocycles. The van der Waals surface area contributed by atoms with Gasteiger partial charge in [-0.3, -0.25) is 4.79 Å². The van der Waals surface area contributed by atoms with Gasteiger partial charge in [0.1, 0.15) is 0 Å². The van der Waals surface area contributed by atoms with Gasteiger partial charge in [0.25, 0.3) is 5.91 Å². The molecule has 8 heteroatoms. The van der Waals surface area contributed by atoms with Crippen LogP contribution < -0.4 is 5.32 Å². The largest absolute Gasteiger partial charge is 0.417 e. The van der Waals surface area contributed by atoms with Crippen molar-refractivity contribution in [1.82, 2.24) is 14.8 Å². The van der Waals surface area contributed by atoms with Crippen molar-refractivity contribution in [3.8, 4) is 5.82 Å². The van der Waals surface area contributed by atoms with Gasteiger partial charge in [-0.05, 0) is 55.2 Å². The molecule has 152 valence electrons. The third-order valence-corrected chi connectivity index (χ3v) is 4.37. The van der Waals surface area contributed by atoms with E-state index in [1.54, 1.807) is 0 Å². The average Bonchev–Trinajstić information content (AvgIpc) is 3.05. The van der Waals surface area contributed by atoms with E-state index in [1.807, 2.05) is 45.9 Å². The Hall–Kier alpha value is -3.16. The second kappa shape index (κ2) is 7.69. The number of aryl methyl sites for hydroxylation is 2. The lowest BCUT2D eigenvalue weighted by Crippen LogP contribution is -2.16. The van der Waals surface area contributed by atoms with Crippen molar-refractivity contribution in [1.29, 1.82) is 0 Å². The van der Waals surface area contributed by atoms with E-state index < -0.39 is 11.7 Å². The maximum Gasteiger partial charge on any atom is 0.417 e. The SMILES string of the molecule is Cc1cc(C)cc(NC(=O)c2cnn(-c3ccc(C(F)(F)F)cn3)c2C(C)C)c1. The number of carbonyl (C=O) groups is 1. The number of amides is 1. The molecular formula is C21H21F3N4O. The molecule has 0 bridgehead atoms. The maximum absolute atomic E-state index is 12.9. The van der Waals surface area contributed by atoms with Crippen LogP contribution in [0.1, 0.15) is 52.5 Å². The van der Waals surface area contributed by atoms with Crippen LogP contribution in [0.5, 0.6) is 0 Å². The lowest BCUT2D eigenvalue weighted by atomic mass is 10.0. The van der Waals surface area contributed by atoms with Crippen LogP contribution in [-0.2, 0) is 6.18 Å². The first kappa shape index (κ1) is 20.6. The first-order valence-corrected chi connectivity index (χ1v) is 9.07. The number of hydrogen-bond acceptors (Lipinski definition) is 3. The van der Waals surface area contributed by atoms with E-state index in [4.69, 9.17) is 0 Å². The topological polar surface area (TPSA) is 59.8 Å². The van der Waals surface area contributed by atoms with Crippen molar-refractivity contribution in [2.45, 2.75) is 39.8 Å². The zero-order valence-electron chi connectivity index (χ0n) is 16.5. The molecule has 29 heavy (non-hydrogen) atoms. The summed E-state index contributed by atoms with van der Waals surface area (Å²) in [5.74, 6) is -0.231.